The van der Waals surface area contributed by atoms with Gasteiger partial charge in [0.15, 0.2) is 0 Å². The van der Waals surface area contributed by atoms with Gasteiger partial charge in [0, 0.05) is 35.3 Å². The first kappa shape index (κ1) is 13.0. The number of carbonyl (C=O) groups excluding carboxylic acids is 1. The summed E-state index contributed by atoms with van der Waals surface area (Å²) in [6.45, 7) is 1.70. The number of nitrogens with zero attached hydrogens (tertiary/aromatic N) is 2. The van der Waals surface area contributed by atoms with E-state index in [1.807, 2.05) is 11.0 Å². The first-order chi connectivity index (χ1) is 8.20. The number of likely N-dealkylation sites (tertiary alicyclic amines) is 1. The molecule has 92 valence electrons. The van der Waals surface area contributed by atoms with Crippen LogP contribution in [0.2, 0.25) is 0 Å². The molecule has 0 N–H and O–H groups in total. The van der Waals surface area contributed by atoms with Gasteiger partial charge in [-0.1, -0.05) is 15.9 Å². The van der Waals surface area contributed by atoms with Crippen molar-refractivity contribution in [2.24, 2.45) is 5.92 Å². The second-order valence-electron chi connectivity index (χ2n) is 4.31. The Morgan fingerprint density at radius 3 is 3.06 bits per heavy atom. The summed E-state index contributed by atoms with van der Waals surface area (Å²) in [7, 11) is 0. The number of piperidine rings is 1. The Hall–Kier alpha value is -0.420. The number of alkyl halides is 1. The average Bonchev–Trinajstić information content (AvgIpc) is 2.38. The molecule has 0 spiro atoms. The predicted molar refractivity (Wildman–Crippen MR) is 74.4 cm³/mol. The Balaban J connectivity index is 2.09. The third-order valence-electron chi connectivity index (χ3n) is 2.98. The summed E-state index contributed by atoms with van der Waals surface area (Å²) in [5.41, 5.74) is 0.662. The lowest BCUT2D eigenvalue weighted by molar-refractivity contribution is 0.0685. The van der Waals surface area contributed by atoms with Gasteiger partial charge >= 0.3 is 0 Å². The van der Waals surface area contributed by atoms with Gasteiger partial charge in [-0.25, -0.2) is 0 Å². The van der Waals surface area contributed by atoms with Crippen LogP contribution in [0.4, 0.5) is 0 Å². The third-order valence-corrected chi connectivity index (χ3v) is 4.33. The van der Waals surface area contributed by atoms with Gasteiger partial charge in [0.1, 0.15) is 0 Å². The minimum absolute atomic E-state index is 0.0875. The van der Waals surface area contributed by atoms with Crippen LogP contribution in [0.1, 0.15) is 23.2 Å². The van der Waals surface area contributed by atoms with Crippen LogP contribution >= 0.6 is 31.9 Å². The highest BCUT2D eigenvalue weighted by Crippen LogP contribution is 2.20. The number of hydrogen-bond donors (Lipinski definition) is 0. The van der Waals surface area contributed by atoms with Gasteiger partial charge in [0.25, 0.3) is 5.91 Å². The largest absolute Gasteiger partial charge is 0.338 e. The summed E-state index contributed by atoms with van der Waals surface area (Å²) in [6, 6.07) is 1.83. The van der Waals surface area contributed by atoms with Crippen molar-refractivity contribution < 1.29 is 4.79 Å². The van der Waals surface area contributed by atoms with Crippen LogP contribution in [0.15, 0.2) is 22.9 Å². The van der Waals surface area contributed by atoms with Crippen molar-refractivity contribution in [1.29, 1.82) is 0 Å². The number of halogens is 2. The Bertz CT molecular complexity index is 411. The smallest absolute Gasteiger partial charge is 0.255 e. The van der Waals surface area contributed by atoms with Crippen LogP contribution in [0, 0.1) is 5.92 Å². The number of hydrogen-bond acceptors (Lipinski definition) is 2. The molecule has 1 atom stereocenters. The topological polar surface area (TPSA) is 33.2 Å². The molecule has 1 aliphatic rings. The van der Waals surface area contributed by atoms with Gasteiger partial charge < -0.3 is 4.90 Å². The summed E-state index contributed by atoms with van der Waals surface area (Å²) < 4.78 is 0.845. The van der Waals surface area contributed by atoms with E-state index in [0.29, 0.717) is 11.5 Å². The van der Waals surface area contributed by atoms with Crippen LogP contribution in [-0.2, 0) is 0 Å². The minimum Gasteiger partial charge on any atom is -0.338 e. The molecule has 0 radical (unpaired) electrons. The fraction of sp³-hybridized carbons (Fsp3) is 0.500. The molecule has 1 unspecified atom stereocenters. The Kier molecular flexibility index (Phi) is 4.56. The highest BCUT2D eigenvalue weighted by molar-refractivity contribution is 9.10. The van der Waals surface area contributed by atoms with E-state index in [9.17, 15) is 4.79 Å². The first-order valence-electron chi connectivity index (χ1n) is 5.66. The molecule has 1 aliphatic heterocycles. The molecule has 1 amide bonds. The zero-order valence-electron chi connectivity index (χ0n) is 9.40. The number of carbonyl (C=O) groups is 1. The second kappa shape index (κ2) is 5.96. The van der Waals surface area contributed by atoms with Gasteiger partial charge in [0.2, 0.25) is 0 Å². The van der Waals surface area contributed by atoms with Gasteiger partial charge in [0.05, 0.1) is 5.56 Å². The maximum atomic E-state index is 12.3. The minimum atomic E-state index is 0.0875. The second-order valence-corrected chi connectivity index (χ2v) is 5.87. The monoisotopic (exact) mass is 360 g/mol. The molecule has 2 rings (SSSR count). The van der Waals surface area contributed by atoms with Crippen molar-refractivity contribution in [3.63, 3.8) is 0 Å². The van der Waals surface area contributed by atoms with Gasteiger partial charge in [-0.15, -0.1) is 0 Å². The van der Waals surface area contributed by atoms with Crippen molar-refractivity contribution in [3.8, 4) is 0 Å². The number of pyridine rings is 1. The molecule has 3 nitrogen and oxygen atoms in total. The SMILES string of the molecule is O=C(c1cncc(Br)c1)N1CCCC(CBr)C1. The molecule has 1 fully saturated rings. The van der Waals surface area contributed by atoms with Crippen molar-refractivity contribution >= 4 is 37.8 Å². The van der Waals surface area contributed by atoms with Gasteiger partial charge in [-0.05, 0) is 40.8 Å². The van der Waals surface area contributed by atoms with Crippen molar-refractivity contribution in [2.45, 2.75) is 12.8 Å². The summed E-state index contributed by atoms with van der Waals surface area (Å²) in [6.07, 6.45) is 5.61. The van der Waals surface area contributed by atoms with Crippen LogP contribution in [0.25, 0.3) is 0 Å². The zero-order chi connectivity index (χ0) is 12.3. The molecular formula is C12H14Br2N2O. The molecule has 0 aromatic carbocycles. The lowest BCUT2D eigenvalue weighted by atomic mass is 10.00. The summed E-state index contributed by atoms with van der Waals surface area (Å²) in [5, 5.41) is 0.966. The van der Waals surface area contributed by atoms with E-state index in [1.165, 1.54) is 6.42 Å². The lowest BCUT2D eigenvalue weighted by Gasteiger charge is -2.31. The molecule has 0 aliphatic carbocycles. The van der Waals surface area contributed by atoms with Crippen molar-refractivity contribution in [2.75, 3.05) is 18.4 Å². The standard InChI is InChI=1S/C12H14Br2N2O/c13-5-9-2-1-3-16(8-9)12(17)10-4-11(14)7-15-6-10/h4,6-7,9H,1-3,5,8H2. The van der Waals surface area contributed by atoms with E-state index < -0.39 is 0 Å². The van der Waals surface area contributed by atoms with Crippen LogP contribution in [0.5, 0.6) is 0 Å². The van der Waals surface area contributed by atoms with Crippen LogP contribution in [0.3, 0.4) is 0 Å². The zero-order valence-corrected chi connectivity index (χ0v) is 12.6. The van der Waals surface area contributed by atoms with Crippen molar-refractivity contribution in [1.82, 2.24) is 9.88 Å². The lowest BCUT2D eigenvalue weighted by Crippen LogP contribution is -2.40. The molecular weight excluding hydrogens is 348 g/mol. The fourth-order valence-electron chi connectivity index (χ4n) is 2.09. The maximum absolute atomic E-state index is 12.3. The van der Waals surface area contributed by atoms with E-state index >= 15 is 0 Å². The predicted octanol–water partition coefficient (Wildman–Crippen LogP) is 3.09. The average molecular weight is 362 g/mol. The Labute approximate surface area is 118 Å². The molecule has 0 saturated carbocycles. The highest BCUT2D eigenvalue weighted by Gasteiger charge is 2.23. The molecule has 0 bridgehead atoms. The number of rotatable bonds is 2. The Morgan fingerprint density at radius 2 is 2.35 bits per heavy atom. The van der Waals surface area contributed by atoms with E-state index in [1.54, 1.807) is 12.4 Å². The molecule has 17 heavy (non-hydrogen) atoms. The van der Waals surface area contributed by atoms with E-state index in [-0.39, 0.29) is 5.91 Å². The van der Waals surface area contributed by atoms with E-state index in [0.717, 1.165) is 29.3 Å². The highest BCUT2D eigenvalue weighted by atomic mass is 79.9. The Morgan fingerprint density at radius 1 is 1.53 bits per heavy atom. The van der Waals surface area contributed by atoms with Gasteiger partial charge in [-0.2, -0.15) is 0 Å². The number of aromatic nitrogens is 1. The summed E-state index contributed by atoms with van der Waals surface area (Å²) in [5.74, 6) is 0.664. The van der Waals surface area contributed by atoms with Crippen LogP contribution < -0.4 is 0 Å². The molecule has 1 aromatic rings. The van der Waals surface area contributed by atoms with Gasteiger partial charge in [-0.3, -0.25) is 9.78 Å². The molecule has 2 heterocycles. The summed E-state index contributed by atoms with van der Waals surface area (Å²) >= 11 is 6.84. The summed E-state index contributed by atoms with van der Waals surface area (Å²) in [4.78, 5) is 18.2. The third kappa shape index (κ3) is 3.28. The van der Waals surface area contributed by atoms with Crippen molar-refractivity contribution in [3.05, 3.63) is 28.5 Å². The van der Waals surface area contributed by atoms with Crippen LogP contribution in [-0.4, -0.2) is 34.2 Å². The number of amides is 1. The fourth-order valence-corrected chi connectivity index (χ4v) is 2.98. The van der Waals surface area contributed by atoms with E-state index in [2.05, 4.69) is 36.8 Å². The molecule has 1 aromatic heterocycles. The normalized spacial score (nSPS) is 20.4. The molecule has 1 saturated heterocycles. The maximum Gasteiger partial charge on any atom is 0.255 e. The molecule has 5 heteroatoms. The van der Waals surface area contributed by atoms with E-state index in [4.69, 9.17) is 0 Å². The first-order valence-corrected chi connectivity index (χ1v) is 7.58. The quantitative estimate of drug-likeness (QED) is 0.758.